The molecule has 2 aromatic carbocycles. The van der Waals surface area contributed by atoms with E-state index < -0.39 is 11.7 Å². The van der Waals surface area contributed by atoms with Gasteiger partial charge in [0.1, 0.15) is 12.4 Å². The average molecular weight is 333 g/mol. The van der Waals surface area contributed by atoms with E-state index in [1.165, 1.54) is 12.1 Å². The summed E-state index contributed by atoms with van der Waals surface area (Å²) >= 11 is 0. The molecule has 0 N–H and O–H groups in total. The topological polar surface area (TPSA) is 21.6 Å². The summed E-state index contributed by atoms with van der Waals surface area (Å²) in [7, 11) is 0. The zero-order chi connectivity index (χ0) is 17.6. The molecule has 0 unspecified atom stereocenters. The predicted octanol–water partition coefficient (Wildman–Crippen LogP) is 5.74. The summed E-state index contributed by atoms with van der Waals surface area (Å²) < 4.78 is 43.5. The van der Waals surface area contributed by atoms with Gasteiger partial charge in [0.15, 0.2) is 0 Å². The fourth-order valence-corrected chi connectivity index (χ4v) is 2.19. The van der Waals surface area contributed by atoms with Gasteiger partial charge in [-0.1, -0.05) is 30.3 Å². The van der Waals surface area contributed by atoms with Crippen LogP contribution in [0.15, 0.2) is 59.6 Å². The number of para-hydroxylation sites is 1. The summed E-state index contributed by atoms with van der Waals surface area (Å²) in [5, 5.41) is 0. The molecule has 0 saturated carbocycles. The van der Waals surface area contributed by atoms with Crippen molar-refractivity contribution in [3.63, 3.8) is 0 Å². The van der Waals surface area contributed by atoms with Crippen LogP contribution in [0.2, 0.25) is 0 Å². The van der Waals surface area contributed by atoms with Crippen molar-refractivity contribution in [3.05, 3.63) is 71.3 Å². The van der Waals surface area contributed by atoms with Crippen molar-refractivity contribution in [3.8, 4) is 5.75 Å². The van der Waals surface area contributed by atoms with Crippen LogP contribution in [0, 0.1) is 0 Å². The third kappa shape index (κ3) is 4.47. The fraction of sp³-hybridized carbons (Fsp3) is 0.211. The number of alkyl halides is 3. The number of ether oxygens (including phenoxy) is 1. The third-order valence-electron chi connectivity index (χ3n) is 3.38. The summed E-state index contributed by atoms with van der Waals surface area (Å²) in [4.78, 5) is 4.30. The Morgan fingerprint density at radius 2 is 1.71 bits per heavy atom. The quantitative estimate of drug-likeness (QED) is 0.640. The van der Waals surface area contributed by atoms with Crippen molar-refractivity contribution >= 4 is 11.9 Å². The second-order valence-electron chi connectivity index (χ2n) is 5.04. The van der Waals surface area contributed by atoms with E-state index in [4.69, 9.17) is 4.74 Å². The van der Waals surface area contributed by atoms with E-state index in [0.717, 1.165) is 23.4 Å². The van der Waals surface area contributed by atoms with Crippen LogP contribution in [0.3, 0.4) is 0 Å². The van der Waals surface area contributed by atoms with Crippen LogP contribution in [-0.2, 0) is 12.8 Å². The molecule has 5 heteroatoms. The Morgan fingerprint density at radius 3 is 2.29 bits per heavy atom. The minimum atomic E-state index is -4.33. The van der Waals surface area contributed by atoms with Crippen molar-refractivity contribution in [2.24, 2.45) is 4.99 Å². The largest absolute Gasteiger partial charge is 0.488 e. The lowest BCUT2D eigenvalue weighted by Crippen LogP contribution is -2.05. The van der Waals surface area contributed by atoms with Gasteiger partial charge in [-0.05, 0) is 43.7 Å². The molecule has 0 saturated heterocycles. The van der Waals surface area contributed by atoms with E-state index in [1.54, 1.807) is 6.21 Å². The maximum Gasteiger partial charge on any atom is 0.416 e. The molecule has 2 aromatic rings. The van der Waals surface area contributed by atoms with E-state index in [2.05, 4.69) is 4.99 Å². The van der Waals surface area contributed by atoms with Gasteiger partial charge in [-0.15, -0.1) is 0 Å². The summed E-state index contributed by atoms with van der Waals surface area (Å²) in [6, 6.07) is 12.4. The molecule has 0 heterocycles. The molecule has 0 aromatic heterocycles. The lowest BCUT2D eigenvalue weighted by molar-refractivity contribution is -0.137. The molecule has 0 atom stereocenters. The normalized spacial score (nSPS) is 12.6. The molecule has 2 rings (SSSR count). The maximum atomic E-state index is 12.6. The highest BCUT2D eigenvalue weighted by molar-refractivity contribution is 5.75. The van der Waals surface area contributed by atoms with Crippen LogP contribution in [0.25, 0.3) is 5.70 Å². The third-order valence-corrected chi connectivity index (χ3v) is 3.38. The Hall–Kier alpha value is -2.56. The first-order chi connectivity index (χ1) is 11.5. The monoisotopic (exact) mass is 333 g/mol. The highest BCUT2D eigenvalue weighted by atomic mass is 19.4. The SMILES string of the molecule is CC=NC(=CC)c1ccccc1OCc1ccc(C(F)(F)F)cc1. The van der Waals surface area contributed by atoms with Crippen LogP contribution >= 0.6 is 0 Å². The van der Waals surface area contributed by atoms with Gasteiger partial charge in [-0.25, -0.2) is 0 Å². The summed E-state index contributed by atoms with van der Waals surface area (Å²) in [6.07, 6.45) is -0.757. The summed E-state index contributed by atoms with van der Waals surface area (Å²) in [6.45, 7) is 3.89. The highest BCUT2D eigenvalue weighted by Crippen LogP contribution is 2.30. The molecular weight excluding hydrogens is 315 g/mol. The Morgan fingerprint density at radius 1 is 1.04 bits per heavy atom. The standard InChI is InChI=1S/C19H18F3NO/c1-3-17(23-4-2)16-7-5-6-8-18(16)24-13-14-9-11-15(12-10-14)19(20,21)22/h3-12H,13H2,1-2H3. The Balaban J connectivity index is 2.15. The van der Waals surface area contributed by atoms with Gasteiger partial charge in [0.25, 0.3) is 0 Å². The zero-order valence-corrected chi connectivity index (χ0v) is 13.5. The molecule has 126 valence electrons. The number of halogens is 3. The van der Waals surface area contributed by atoms with Crippen molar-refractivity contribution in [2.45, 2.75) is 26.6 Å². The van der Waals surface area contributed by atoms with Crippen molar-refractivity contribution < 1.29 is 17.9 Å². The Kier molecular flexibility index (Phi) is 5.79. The van der Waals surface area contributed by atoms with Gasteiger partial charge in [-0.2, -0.15) is 13.2 Å². The van der Waals surface area contributed by atoms with E-state index in [-0.39, 0.29) is 6.61 Å². The first kappa shape index (κ1) is 17.8. The molecule has 0 fully saturated rings. The number of hydrogen-bond donors (Lipinski definition) is 0. The number of rotatable bonds is 5. The maximum absolute atomic E-state index is 12.6. The van der Waals surface area contributed by atoms with E-state index in [9.17, 15) is 13.2 Å². The van der Waals surface area contributed by atoms with Crippen LogP contribution in [0.5, 0.6) is 5.75 Å². The van der Waals surface area contributed by atoms with Crippen LogP contribution in [-0.4, -0.2) is 6.21 Å². The fourth-order valence-electron chi connectivity index (χ4n) is 2.19. The Bertz CT molecular complexity index is 731. The second-order valence-corrected chi connectivity index (χ2v) is 5.04. The van der Waals surface area contributed by atoms with Crippen molar-refractivity contribution in [2.75, 3.05) is 0 Å². The lowest BCUT2D eigenvalue weighted by atomic mass is 10.1. The van der Waals surface area contributed by atoms with Gasteiger partial charge in [0, 0.05) is 11.8 Å². The zero-order valence-electron chi connectivity index (χ0n) is 13.5. The molecule has 0 amide bonds. The van der Waals surface area contributed by atoms with Crippen LogP contribution < -0.4 is 4.74 Å². The van der Waals surface area contributed by atoms with E-state index in [0.29, 0.717) is 11.3 Å². The smallest absolute Gasteiger partial charge is 0.416 e. The lowest BCUT2D eigenvalue weighted by Gasteiger charge is -2.12. The molecule has 0 bridgehead atoms. The highest BCUT2D eigenvalue weighted by Gasteiger charge is 2.29. The molecule has 24 heavy (non-hydrogen) atoms. The first-order valence-corrected chi connectivity index (χ1v) is 7.49. The average Bonchev–Trinajstić information content (AvgIpc) is 2.58. The van der Waals surface area contributed by atoms with Gasteiger partial charge < -0.3 is 4.74 Å². The molecular formula is C19H18F3NO. The predicted molar refractivity (Wildman–Crippen MR) is 90.0 cm³/mol. The molecule has 0 aliphatic carbocycles. The number of benzene rings is 2. The Labute approximate surface area is 139 Å². The molecule has 0 radical (unpaired) electrons. The van der Waals surface area contributed by atoms with E-state index in [1.807, 2.05) is 44.2 Å². The number of hydrogen-bond acceptors (Lipinski definition) is 2. The number of allylic oxidation sites excluding steroid dienone is 1. The van der Waals surface area contributed by atoms with Gasteiger partial charge in [0.05, 0.1) is 11.3 Å². The van der Waals surface area contributed by atoms with E-state index >= 15 is 0 Å². The van der Waals surface area contributed by atoms with Gasteiger partial charge >= 0.3 is 6.18 Å². The van der Waals surface area contributed by atoms with Crippen molar-refractivity contribution in [1.29, 1.82) is 0 Å². The number of nitrogens with zero attached hydrogens (tertiary/aromatic N) is 1. The van der Waals surface area contributed by atoms with Crippen LogP contribution in [0.1, 0.15) is 30.5 Å². The minimum absolute atomic E-state index is 0.183. The molecule has 0 aliphatic heterocycles. The van der Waals surface area contributed by atoms with Gasteiger partial charge in [-0.3, -0.25) is 4.99 Å². The second kappa shape index (κ2) is 7.81. The first-order valence-electron chi connectivity index (χ1n) is 7.49. The van der Waals surface area contributed by atoms with Crippen molar-refractivity contribution in [1.82, 2.24) is 0 Å². The molecule has 0 aliphatic rings. The van der Waals surface area contributed by atoms with Crippen LogP contribution in [0.4, 0.5) is 13.2 Å². The minimum Gasteiger partial charge on any atom is -0.488 e. The summed E-state index contributed by atoms with van der Waals surface area (Å²) in [5.41, 5.74) is 1.62. The number of aliphatic imine (C=N–C) groups is 1. The summed E-state index contributed by atoms with van der Waals surface area (Å²) in [5.74, 6) is 0.635. The van der Waals surface area contributed by atoms with Gasteiger partial charge in [0.2, 0.25) is 0 Å². The molecule has 2 nitrogen and oxygen atoms in total. The molecule has 0 spiro atoms.